The SMILES string of the molecule is COc1ccc2c(Cl)c(C(=O)OCC(=O)N(C)c3ccccc3)sc2c1Cl. The molecule has 8 heteroatoms. The first kappa shape index (κ1) is 19.5. The molecule has 140 valence electrons. The van der Waals surface area contributed by atoms with Gasteiger partial charge in [0.25, 0.3) is 5.91 Å². The molecule has 1 amide bonds. The average molecular weight is 424 g/mol. The molecular formula is C19H15Cl2NO4S. The topological polar surface area (TPSA) is 55.8 Å². The third-order valence-corrected chi connectivity index (χ3v) is 6.15. The molecule has 0 atom stereocenters. The van der Waals surface area contributed by atoms with E-state index in [2.05, 4.69) is 0 Å². The number of amides is 1. The number of likely N-dealkylation sites (N-methyl/N-ethyl adjacent to an activating group) is 1. The summed E-state index contributed by atoms with van der Waals surface area (Å²) < 4.78 is 11.0. The molecule has 0 fully saturated rings. The van der Waals surface area contributed by atoms with Gasteiger partial charge in [-0.2, -0.15) is 0 Å². The second kappa shape index (κ2) is 8.17. The quantitative estimate of drug-likeness (QED) is 0.539. The van der Waals surface area contributed by atoms with Crippen molar-refractivity contribution in [1.82, 2.24) is 0 Å². The van der Waals surface area contributed by atoms with Crippen molar-refractivity contribution in [1.29, 1.82) is 0 Å². The third-order valence-electron chi connectivity index (χ3n) is 3.95. The van der Waals surface area contributed by atoms with Crippen LogP contribution in [0.25, 0.3) is 10.1 Å². The summed E-state index contributed by atoms with van der Waals surface area (Å²) >= 11 is 13.7. The third kappa shape index (κ3) is 3.88. The second-order valence-corrected chi connectivity index (χ2v) is 7.34. The van der Waals surface area contributed by atoms with E-state index in [9.17, 15) is 9.59 Å². The van der Waals surface area contributed by atoms with Crippen LogP contribution < -0.4 is 9.64 Å². The van der Waals surface area contributed by atoms with E-state index in [-0.39, 0.29) is 15.8 Å². The number of hydrogen-bond donors (Lipinski definition) is 0. The van der Waals surface area contributed by atoms with Gasteiger partial charge in [-0.15, -0.1) is 11.3 Å². The van der Waals surface area contributed by atoms with Gasteiger partial charge in [0.15, 0.2) is 6.61 Å². The number of halogens is 2. The summed E-state index contributed by atoms with van der Waals surface area (Å²) in [5.74, 6) is -0.542. The number of hydrogen-bond acceptors (Lipinski definition) is 5. The molecule has 3 rings (SSSR count). The van der Waals surface area contributed by atoms with E-state index >= 15 is 0 Å². The Morgan fingerprint density at radius 1 is 1.07 bits per heavy atom. The number of carbonyl (C=O) groups excluding carboxylic acids is 2. The Kier molecular flexibility index (Phi) is 5.89. The van der Waals surface area contributed by atoms with Crippen molar-refractivity contribution in [2.75, 3.05) is 25.7 Å². The average Bonchev–Trinajstić information content (AvgIpc) is 3.04. The smallest absolute Gasteiger partial charge is 0.350 e. The Hall–Kier alpha value is -2.28. The van der Waals surface area contributed by atoms with Crippen molar-refractivity contribution >= 4 is 62.2 Å². The van der Waals surface area contributed by atoms with Crippen LogP contribution in [0, 0.1) is 0 Å². The number of ether oxygens (including phenoxy) is 2. The van der Waals surface area contributed by atoms with Crippen LogP contribution in [0.3, 0.4) is 0 Å². The number of thiophene rings is 1. The second-order valence-electron chi connectivity index (χ2n) is 5.57. The minimum absolute atomic E-state index is 0.192. The molecule has 2 aromatic carbocycles. The Labute approximate surface area is 170 Å². The highest BCUT2D eigenvalue weighted by molar-refractivity contribution is 7.22. The number of rotatable bonds is 5. The standard InChI is InChI=1S/C19H15Cl2NO4S/c1-22(11-6-4-3-5-7-11)14(23)10-26-19(24)18-15(20)12-8-9-13(25-2)16(21)17(12)27-18/h3-9H,10H2,1-2H3. The van der Waals surface area contributed by atoms with Crippen molar-refractivity contribution in [3.63, 3.8) is 0 Å². The molecule has 0 bridgehead atoms. The normalized spacial score (nSPS) is 10.7. The predicted molar refractivity (Wildman–Crippen MR) is 109 cm³/mol. The van der Waals surface area contributed by atoms with Gasteiger partial charge < -0.3 is 14.4 Å². The van der Waals surface area contributed by atoms with E-state index in [0.29, 0.717) is 26.5 Å². The number of para-hydroxylation sites is 1. The van der Waals surface area contributed by atoms with Gasteiger partial charge in [-0.25, -0.2) is 4.79 Å². The van der Waals surface area contributed by atoms with Gasteiger partial charge >= 0.3 is 5.97 Å². The maximum atomic E-state index is 12.4. The summed E-state index contributed by atoms with van der Waals surface area (Å²) in [6.07, 6.45) is 0. The van der Waals surface area contributed by atoms with E-state index in [4.69, 9.17) is 32.7 Å². The first-order valence-corrected chi connectivity index (χ1v) is 9.44. The van der Waals surface area contributed by atoms with Gasteiger partial charge in [0, 0.05) is 18.1 Å². The van der Waals surface area contributed by atoms with Crippen molar-refractivity contribution in [3.05, 3.63) is 57.4 Å². The minimum Gasteiger partial charge on any atom is -0.495 e. The Morgan fingerprint density at radius 2 is 1.78 bits per heavy atom. The van der Waals surface area contributed by atoms with Gasteiger partial charge in [0.05, 0.1) is 16.8 Å². The molecule has 1 aromatic heterocycles. The molecule has 5 nitrogen and oxygen atoms in total. The van der Waals surface area contributed by atoms with Crippen LogP contribution in [0.1, 0.15) is 9.67 Å². The van der Waals surface area contributed by atoms with Crippen LogP contribution in [0.5, 0.6) is 5.75 Å². The lowest BCUT2D eigenvalue weighted by molar-refractivity contribution is -0.121. The maximum Gasteiger partial charge on any atom is 0.350 e. The molecule has 0 unspecified atom stereocenters. The highest BCUT2D eigenvalue weighted by Crippen LogP contribution is 2.43. The van der Waals surface area contributed by atoms with Crippen molar-refractivity contribution in [2.24, 2.45) is 0 Å². The molecule has 0 aliphatic carbocycles. The van der Waals surface area contributed by atoms with Crippen LogP contribution in [-0.4, -0.2) is 32.6 Å². The number of esters is 1. The van der Waals surface area contributed by atoms with E-state index in [1.54, 1.807) is 31.3 Å². The zero-order valence-electron chi connectivity index (χ0n) is 14.5. The van der Waals surface area contributed by atoms with Gasteiger partial charge in [0.2, 0.25) is 0 Å². The number of carbonyl (C=O) groups is 2. The molecule has 1 heterocycles. The van der Waals surface area contributed by atoms with Crippen molar-refractivity contribution in [3.8, 4) is 5.75 Å². The maximum absolute atomic E-state index is 12.4. The Morgan fingerprint density at radius 3 is 2.44 bits per heavy atom. The molecule has 27 heavy (non-hydrogen) atoms. The van der Waals surface area contributed by atoms with E-state index in [1.165, 1.54) is 12.0 Å². The number of nitrogens with zero attached hydrogens (tertiary/aromatic N) is 1. The first-order valence-electron chi connectivity index (χ1n) is 7.87. The molecule has 0 saturated heterocycles. The monoisotopic (exact) mass is 423 g/mol. The van der Waals surface area contributed by atoms with Crippen molar-refractivity contribution < 1.29 is 19.1 Å². The van der Waals surface area contributed by atoms with Gasteiger partial charge in [-0.1, -0.05) is 41.4 Å². The molecule has 0 radical (unpaired) electrons. The number of anilines is 1. The zero-order valence-corrected chi connectivity index (χ0v) is 16.8. The molecule has 0 aliphatic heterocycles. The van der Waals surface area contributed by atoms with Gasteiger partial charge in [-0.05, 0) is 24.3 Å². The van der Waals surface area contributed by atoms with Crippen LogP contribution in [0.4, 0.5) is 5.69 Å². The lowest BCUT2D eigenvalue weighted by Gasteiger charge is -2.16. The highest BCUT2D eigenvalue weighted by atomic mass is 35.5. The van der Waals surface area contributed by atoms with E-state index in [1.807, 2.05) is 18.2 Å². The summed E-state index contributed by atoms with van der Waals surface area (Å²) in [5.41, 5.74) is 0.706. The molecule has 0 saturated carbocycles. The zero-order chi connectivity index (χ0) is 19.6. The fraction of sp³-hybridized carbons (Fsp3) is 0.158. The molecule has 3 aromatic rings. The molecule has 0 N–H and O–H groups in total. The van der Waals surface area contributed by atoms with E-state index < -0.39 is 12.6 Å². The first-order chi connectivity index (χ1) is 12.9. The largest absolute Gasteiger partial charge is 0.495 e. The summed E-state index contributed by atoms with van der Waals surface area (Å²) in [4.78, 5) is 26.3. The van der Waals surface area contributed by atoms with Gasteiger partial charge in [-0.3, -0.25) is 4.79 Å². The number of fused-ring (bicyclic) bond motifs is 1. The lowest BCUT2D eigenvalue weighted by Crippen LogP contribution is -2.31. The summed E-state index contributed by atoms with van der Waals surface area (Å²) in [7, 11) is 3.12. The fourth-order valence-corrected chi connectivity index (χ4v) is 4.23. The van der Waals surface area contributed by atoms with Crippen LogP contribution >= 0.6 is 34.5 Å². The predicted octanol–water partition coefficient (Wildman–Crippen LogP) is 5.04. The van der Waals surface area contributed by atoms with Gasteiger partial charge in [0.1, 0.15) is 15.6 Å². The van der Waals surface area contributed by atoms with Crippen LogP contribution in [0.15, 0.2) is 42.5 Å². The summed E-state index contributed by atoms with van der Waals surface area (Å²) in [6, 6.07) is 12.5. The Balaban J connectivity index is 1.76. The van der Waals surface area contributed by atoms with Crippen LogP contribution in [-0.2, 0) is 9.53 Å². The van der Waals surface area contributed by atoms with E-state index in [0.717, 1.165) is 11.3 Å². The number of benzene rings is 2. The minimum atomic E-state index is -0.675. The molecule has 0 aliphatic rings. The van der Waals surface area contributed by atoms with Crippen LogP contribution in [0.2, 0.25) is 10.0 Å². The lowest BCUT2D eigenvalue weighted by atomic mass is 10.2. The summed E-state index contributed by atoms with van der Waals surface area (Å²) in [6.45, 7) is -0.397. The van der Waals surface area contributed by atoms with Crippen molar-refractivity contribution in [2.45, 2.75) is 0 Å². The fourth-order valence-electron chi connectivity index (χ4n) is 2.45. The highest BCUT2D eigenvalue weighted by Gasteiger charge is 2.22. The Bertz CT molecular complexity index is 1000. The summed E-state index contributed by atoms with van der Waals surface area (Å²) in [5, 5.41) is 1.25. The molecular weight excluding hydrogens is 409 g/mol. The number of methoxy groups -OCH3 is 1. The molecule has 0 spiro atoms.